The van der Waals surface area contributed by atoms with Gasteiger partial charge in [0.2, 0.25) is 0 Å². The van der Waals surface area contributed by atoms with Crippen molar-refractivity contribution in [2.24, 2.45) is 4.99 Å². The number of hydrogen-bond donors (Lipinski definition) is 2. The Kier molecular flexibility index (Phi) is 11.1. The first-order valence-corrected chi connectivity index (χ1v) is 9.86. The van der Waals surface area contributed by atoms with E-state index < -0.39 is 12.7 Å². The van der Waals surface area contributed by atoms with Crippen LogP contribution < -0.4 is 15.5 Å². The molecule has 29 heavy (non-hydrogen) atoms. The van der Waals surface area contributed by atoms with E-state index in [-0.39, 0.29) is 30.0 Å². The van der Waals surface area contributed by atoms with Gasteiger partial charge in [0.25, 0.3) is 0 Å². The highest BCUT2D eigenvalue weighted by Crippen LogP contribution is 2.24. The minimum absolute atomic E-state index is 0. The second kappa shape index (κ2) is 12.5. The first kappa shape index (κ1) is 25.8. The third kappa shape index (κ3) is 9.41. The fraction of sp³-hybridized carbons (Fsp3) is 0.650. The highest BCUT2D eigenvalue weighted by atomic mass is 127. The molecule has 2 rings (SSSR count). The zero-order chi connectivity index (χ0) is 20.6. The van der Waals surface area contributed by atoms with Crippen molar-refractivity contribution < 1.29 is 13.2 Å². The number of aliphatic imine (C=N–C) groups is 1. The molecule has 0 aromatic heterocycles. The molecule has 2 N–H and O–H groups in total. The van der Waals surface area contributed by atoms with E-state index in [2.05, 4.69) is 51.7 Å². The van der Waals surface area contributed by atoms with Crippen LogP contribution in [0.3, 0.4) is 0 Å². The van der Waals surface area contributed by atoms with Crippen molar-refractivity contribution in [3.05, 3.63) is 29.8 Å². The summed E-state index contributed by atoms with van der Waals surface area (Å²) in [7, 11) is 3.18. The molecule has 0 spiro atoms. The fourth-order valence-electron chi connectivity index (χ4n) is 3.39. The zero-order valence-corrected chi connectivity index (χ0v) is 19.8. The Hall–Kier alpha value is -1.23. The standard InChI is InChI=1S/C20H32F3N5.HI/c1-16(17-8-6-9-18(14-17)28-12-4-5-13-28)26-19(24-2)25-10-7-11-27(3)15-20(21,22)23;/h6,8-9,14,16H,4-5,7,10-13,15H2,1-3H3,(H2,24,25,26);1H. The summed E-state index contributed by atoms with van der Waals surface area (Å²) in [6.45, 7) is 4.34. The lowest BCUT2D eigenvalue weighted by Gasteiger charge is -2.22. The maximum atomic E-state index is 12.3. The molecule has 1 saturated heterocycles. The number of guanidine groups is 1. The number of halogens is 4. The van der Waals surface area contributed by atoms with Gasteiger partial charge in [0.05, 0.1) is 12.6 Å². The molecular formula is C20H33F3IN5. The van der Waals surface area contributed by atoms with Gasteiger partial charge in [0.1, 0.15) is 0 Å². The highest BCUT2D eigenvalue weighted by molar-refractivity contribution is 14.0. The number of nitrogens with zero attached hydrogens (tertiary/aromatic N) is 3. The van der Waals surface area contributed by atoms with E-state index in [1.165, 1.54) is 36.0 Å². The summed E-state index contributed by atoms with van der Waals surface area (Å²) in [6.07, 6.45) is -1.07. The summed E-state index contributed by atoms with van der Waals surface area (Å²) >= 11 is 0. The van der Waals surface area contributed by atoms with Crippen LogP contribution >= 0.6 is 24.0 Å². The topological polar surface area (TPSA) is 42.9 Å². The third-order valence-corrected chi connectivity index (χ3v) is 4.88. The number of benzene rings is 1. The first-order chi connectivity index (χ1) is 13.3. The molecule has 9 heteroatoms. The van der Waals surface area contributed by atoms with Crippen LogP contribution in [-0.2, 0) is 0 Å². The van der Waals surface area contributed by atoms with Crippen molar-refractivity contribution in [1.29, 1.82) is 0 Å². The van der Waals surface area contributed by atoms with Gasteiger partial charge in [0, 0.05) is 32.4 Å². The van der Waals surface area contributed by atoms with Gasteiger partial charge < -0.3 is 15.5 Å². The molecule has 1 aromatic rings. The van der Waals surface area contributed by atoms with Crippen LogP contribution in [0.25, 0.3) is 0 Å². The van der Waals surface area contributed by atoms with Gasteiger partial charge in [-0.2, -0.15) is 13.2 Å². The van der Waals surface area contributed by atoms with E-state index in [9.17, 15) is 13.2 Å². The minimum atomic E-state index is -4.15. The average molecular weight is 527 g/mol. The Morgan fingerprint density at radius 2 is 1.97 bits per heavy atom. The van der Waals surface area contributed by atoms with E-state index in [1.807, 2.05) is 0 Å². The van der Waals surface area contributed by atoms with Crippen molar-refractivity contribution in [2.45, 2.75) is 38.4 Å². The Morgan fingerprint density at radius 1 is 1.28 bits per heavy atom. The Morgan fingerprint density at radius 3 is 2.59 bits per heavy atom. The lowest BCUT2D eigenvalue weighted by molar-refractivity contribution is -0.143. The van der Waals surface area contributed by atoms with Crippen LogP contribution in [0.15, 0.2) is 29.3 Å². The molecule has 0 radical (unpaired) electrons. The number of rotatable bonds is 8. The highest BCUT2D eigenvalue weighted by Gasteiger charge is 2.28. The minimum Gasteiger partial charge on any atom is -0.372 e. The Labute approximate surface area is 189 Å². The van der Waals surface area contributed by atoms with Crippen LogP contribution in [0.2, 0.25) is 0 Å². The van der Waals surface area contributed by atoms with Gasteiger partial charge in [-0.1, -0.05) is 12.1 Å². The van der Waals surface area contributed by atoms with Crippen LogP contribution in [0.4, 0.5) is 18.9 Å². The summed E-state index contributed by atoms with van der Waals surface area (Å²) in [4.78, 5) is 7.91. The molecule has 0 amide bonds. The maximum absolute atomic E-state index is 12.3. The monoisotopic (exact) mass is 527 g/mol. The fourth-order valence-corrected chi connectivity index (χ4v) is 3.39. The van der Waals surface area contributed by atoms with Crippen LogP contribution in [0, 0.1) is 0 Å². The van der Waals surface area contributed by atoms with Crippen molar-refractivity contribution in [3.63, 3.8) is 0 Å². The van der Waals surface area contributed by atoms with E-state index in [1.54, 1.807) is 7.05 Å². The summed E-state index contributed by atoms with van der Waals surface area (Å²) < 4.78 is 37.0. The van der Waals surface area contributed by atoms with Crippen LogP contribution in [0.1, 0.15) is 37.8 Å². The zero-order valence-electron chi connectivity index (χ0n) is 17.4. The molecule has 1 unspecified atom stereocenters. The number of alkyl halides is 3. The molecular weight excluding hydrogens is 494 g/mol. The second-order valence-corrected chi connectivity index (χ2v) is 7.36. The normalized spacial score (nSPS) is 16.0. The molecule has 5 nitrogen and oxygen atoms in total. The third-order valence-electron chi connectivity index (χ3n) is 4.88. The van der Waals surface area contributed by atoms with E-state index >= 15 is 0 Å². The molecule has 1 fully saturated rings. The first-order valence-electron chi connectivity index (χ1n) is 9.86. The number of nitrogens with one attached hydrogen (secondary N) is 2. The molecule has 1 heterocycles. The van der Waals surface area contributed by atoms with Gasteiger partial charge in [0.15, 0.2) is 5.96 Å². The lowest BCUT2D eigenvalue weighted by atomic mass is 10.1. The molecule has 1 aromatic carbocycles. The van der Waals surface area contributed by atoms with Gasteiger partial charge in [-0.05, 0) is 57.5 Å². The van der Waals surface area contributed by atoms with Gasteiger partial charge in [-0.3, -0.25) is 9.89 Å². The van der Waals surface area contributed by atoms with E-state index in [0.29, 0.717) is 25.5 Å². The van der Waals surface area contributed by atoms with Crippen molar-refractivity contribution in [1.82, 2.24) is 15.5 Å². The van der Waals surface area contributed by atoms with Crippen molar-refractivity contribution >= 4 is 35.6 Å². The number of anilines is 1. The Balaban J connectivity index is 0.00000420. The summed E-state index contributed by atoms with van der Waals surface area (Å²) in [6, 6.07) is 8.60. The lowest BCUT2D eigenvalue weighted by Crippen LogP contribution is -2.40. The van der Waals surface area contributed by atoms with Crippen molar-refractivity contribution in [3.8, 4) is 0 Å². The molecule has 1 atom stereocenters. The Bertz CT molecular complexity index is 633. The molecule has 1 aliphatic heterocycles. The molecule has 0 saturated carbocycles. The van der Waals surface area contributed by atoms with Crippen LogP contribution in [0.5, 0.6) is 0 Å². The smallest absolute Gasteiger partial charge is 0.372 e. The summed E-state index contributed by atoms with van der Waals surface area (Å²) in [5.41, 5.74) is 2.43. The second-order valence-electron chi connectivity index (χ2n) is 7.36. The molecule has 166 valence electrons. The maximum Gasteiger partial charge on any atom is 0.401 e. The average Bonchev–Trinajstić information content (AvgIpc) is 3.17. The van der Waals surface area contributed by atoms with Gasteiger partial charge in [-0.15, -0.1) is 24.0 Å². The summed E-state index contributed by atoms with van der Waals surface area (Å²) in [5.74, 6) is 0.651. The largest absolute Gasteiger partial charge is 0.401 e. The summed E-state index contributed by atoms with van der Waals surface area (Å²) in [5, 5.41) is 6.53. The van der Waals surface area contributed by atoms with Crippen molar-refractivity contribution in [2.75, 3.05) is 51.7 Å². The molecule has 0 bridgehead atoms. The van der Waals surface area contributed by atoms with Gasteiger partial charge >= 0.3 is 6.18 Å². The number of hydrogen-bond acceptors (Lipinski definition) is 3. The van der Waals surface area contributed by atoms with Crippen LogP contribution in [-0.4, -0.2) is 63.9 Å². The van der Waals surface area contributed by atoms with Gasteiger partial charge in [-0.25, -0.2) is 0 Å². The van der Waals surface area contributed by atoms with E-state index in [0.717, 1.165) is 13.1 Å². The predicted molar refractivity (Wildman–Crippen MR) is 124 cm³/mol. The predicted octanol–water partition coefficient (Wildman–Crippen LogP) is 4.02. The molecule has 0 aliphatic carbocycles. The SMILES string of the molecule is CN=C(NCCCN(C)CC(F)(F)F)NC(C)c1cccc(N2CCCC2)c1.I. The quantitative estimate of drug-likeness (QED) is 0.232. The molecule has 1 aliphatic rings. The van der Waals surface area contributed by atoms with E-state index in [4.69, 9.17) is 0 Å².